The van der Waals surface area contributed by atoms with E-state index < -0.39 is 5.97 Å². The highest BCUT2D eigenvalue weighted by atomic mass is 16.5. The molecule has 7 heteroatoms. The zero-order chi connectivity index (χ0) is 24.4. The second kappa shape index (κ2) is 9.46. The van der Waals surface area contributed by atoms with Crippen molar-refractivity contribution < 1.29 is 19.4 Å². The van der Waals surface area contributed by atoms with Gasteiger partial charge in [0.25, 0.3) is 0 Å². The first-order chi connectivity index (χ1) is 17.1. The van der Waals surface area contributed by atoms with Gasteiger partial charge in [0.05, 0.1) is 26.0 Å². The fraction of sp³-hybridized carbons (Fsp3) is 0.179. The highest BCUT2D eigenvalue weighted by Gasteiger charge is 2.31. The van der Waals surface area contributed by atoms with Crippen molar-refractivity contribution in [2.45, 2.75) is 12.5 Å². The lowest BCUT2D eigenvalue weighted by Crippen LogP contribution is -2.37. The molecule has 1 aliphatic rings. The first kappa shape index (κ1) is 22.4. The maximum absolute atomic E-state index is 12.0. The second-order valence-corrected chi connectivity index (χ2v) is 8.29. The molecule has 0 aliphatic carbocycles. The van der Waals surface area contributed by atoms with E-state index in [1.165, 1.54) is 17.3 Å². The Labute approximate surface area is 203 Å². The molecule has 1 aliphatic heterocycles. The zero-order valence-corrected chi connectivity index (χ0v) is 19.5. The molecule has 1 N–H and O–H groups in total. The van der Waals surface area contributed by atoms with Gasteiger partial charge in [-0.05, 0) is 59.5 Å². The summed E-state index contributed by atoms with van der Waals surface area (Å²) < 4.78 is 10.7. The van der Waals surface area contributed by atoms with E-state index in [9.17, 15) is 9.90 Å². The molecule has 0 radical (unpaired) electrons. The number of anilines is 1. The molecule has 7 nitrogen and oxygen atoms in total. The Morgan fingerprint density at radius 1 is 0.971 bits per heavy atom. The number of aromatic nitrogens is 2. The van der Waals surface area contributed by atoms with Gasteiger partial charge in [0.1, 0.15) is 17.1 Å². The lowest BCUT2D eigenvalue weighted by atomic mass is 9.88. The van der Waals surface area contributed by atoms with Crippen molar-refractivity contribution in [2.24, 2.45) is 0 Å². The summed E-state index contributed by atoms with van der Waals surface area (Å²) in [6.07, 6.45) is 2.23. The van der Waals surface area contributed by atoms with Gasteiger partial charge in [0.15, 0.2) is 0 Å². The van der Waals surface area contributed by atoms with Crippen molar-refractivity contribution in [3.63, 3.8) is 0 Å². The summed E-state index contributed by atoms with van der Waals surface area (Å²) in [6.45, 7) is 0.688. The van der Waals surface area contributed by atoms with Crippen LogP contribution in [0.15, 0.2) is 79.0 Å². The molecule has 35 heavy (non-hydrogen) atoms. The Balaban J connectivity index is 1.64. The van der Waals surface area contributed by atoms with Crippen LogP contribution >= 0.6 is 0 Å². The van der Waals surface area contributed by atoms with Crippen molar-refractivity contribution >= 4 is 11.9 Å². The fourth-order valence-electron chi connectivity index (χ4n) is 4.59. The first-order valence-corrected chi connectivity index (χ1v) is 11.3. The number of hydrogen-bond acceptors (Lipinski definition) is 6. The quantitative estimate of drug-likeness (QED) is 0.427. The van der Waals surface area contributed by atoms with Crippen LogP contribution in [0.5, 0.6) is 11.5 Å². The Bertz CT molecular complexity index is 1370. The van der Waals surface area contributed by atoms with Crippen molar-refractivity contribution in [3.05, 3.63) is 101 Å². The molecule has 1 unspecified atom stereocenters. The molecule has 1 atom stereocenters. The van der Waals surface area contributed by atoms with Crippen molar-refractivity contribution in [3.8, 4) is 22.8 Å². The molecule has 0 fully saturated rings. The fourth-order valence-corrected chi connectivity index (χ4v) is 4.59. The summed E-state index contributed by atoms with van der Waals surface area (Å²) in [5, 5.41) is 9.81. The minimum absolute atomic E-state index is 0.0502. The molecule has 0 spiro atoms. The molecule has 0 saturated carbocycles. The largest absolute Gasteiger partial charge is 0.497 e. The lowest BCUT2D eigenvalue weighted by molar-refractivity contribution is 0.0697. The number of hydrogen-bond donors (Lipinski definition) is 1. The van der Waals surface area contributed by atoms with Crippen LogP contribution in [0.25, 0.3) is 11.3 Å². The van der Waals surface area contributed by atoms with E-state index in [1.54, 1.807) is 26.4 Å². The van der Waals surface area contributed by atoms with Crippen molar-refractivity contribution in [1.29, 1.82) is 0 Å². The molecule has 4 aromatic rings. The molecule has 0 amide bonds. The van der Waals surface area contributed by atoms with Crippen LogP contribution in [0.1, 0.15) is 33.1 Å². The summed E-state index contributed by atoms with van der Waals surface area (Å²) in [7, 11) is 3.24. The van der Waals surface area contributed by atoms with Gasteiger partial charge in [0.2, 0.25) is 5.95 Å². The third-order valence-electron chi connectivity index (χ3n) is 6.32. The predicted octanol–water partition coefficient (Wildman–Crippen LogP) is 5.01. The third kappa shape index (κ3) is 4.28. The minimum Gasteiger partial charge on any atom is -0.497 e. The van der Waals surface area contributed by atoms with E-state index in [4.69, 9.17) is 14.5 Å². The van der Waals surface area contributed by atoms with Crippen LogP contribution < -0.4 is 14.4 Å². The SMILES string of the molecule is COc1ccc(-c2nc(N3CCc4ccccc4C3c3cccc(OC)c3)ncc2C(=O)O)cc1. The van der Waals surface area contributed by atoms with E-state index in [0.29, 0.717) is 29.5 Å². The molecular formula is C28H25N3O4. The Morgan fingerprint density at radius 3 is 2.49 bits per heavy atom. The van der Waals surface area contributed by atoms with Crippen molar-refractivity contribution in [2.75, 3.05) is 25.7 Å². The average molecular weight is 468 g/mol. The van der Waals surface area contributed by atoms with E-state index in [2.05, 4.69) is 34.1 Å². The zero-order valence-electron chi connectivity index (χ0n) is 19.5. The number of ether oxygens (including phenoxy) is 2. The number of carbonyl (C=O) groups is 1. The van der Waals surface area contributed by atoms with Crippen molar-refractivity contribution in [1.82, 2.24) is 9.97 Å². The normalized spacial score (nSPS) is 14.8. The monoisotopic (exact) mass is 467 g/mol. The maximum Gasteiger partial charge on any atom is 0.339 e. The van der Waals surface area contributed by atoms with E-state index in [-0.39, 0.29) is 11.6 Å². The number of rotatable bonds is 6. The van der Waals surface area contributed by atoms with Gasteiger partial charge in [-0.3, -0.25) is 0 Å². The Kier molecular flexibility index (Phi) is 6.06. The highest BCUT2D eigenvalue weighted by molar-refractivity contribution is 5.94. The van der Waals surface area contributed by atoms with Crippen LogP contribution in [-0.4, -0.2) is 41.8 Å². The average Bonchev–Trinajstić information content (AvgIpc) is 2.92. The summed E-state index contributed by atoms with van der Waals surface area (Å²) in [5.41, 5.74) is 4.59. The molecule has 176 valence electrons. The van der Waals surface area contributed by atoms with Gasteiger partial charge in [-0.1, -0.05) is 36.4 Å². The third-order valence-corrected chi connectivity index (χ3v) is 6.32. The van der Waals surface area contributed by atoms with Crippen LogP contribution in [0.4, 0.5) is 5.95 Å². The molecule has 0 saturated heterocycles. The molecule has 0 bridgehead atoms. The van der Waals surface area contributed by atoms with Crippen LogP contribution in [-0.2, 0) is 6.42 Å². The number of carboxylic acid groups (broad SMARTS) is 1. The number of benzene rings is 3. The summed E-state index contributed by atoms with van der Waals surface area (Å²) in [5.74, 6) is 0.857. The Hall–Kier alpha value is -4.39. The smallest absolute Gasteiger partial charge is 0.339 e. The van der Waals surface area contributed by atoms with Gasteiger partial charge in [-0.2, -0.15) is 0 Å². The second-order valence-electron chi connectivity index (χ2n) is 8.29. The van der Waals surface area contributed by atoms with Gasteiger partial charge < -0.3 is 19.5 Å². The van der Waals surface area contributed by atoms with Crippen LogP contribution in [0.2, 0.25) is 0 Å². The molecule has 1 aromatic heterocycles. The molecule has 2 heterocycles. The lowest BCUT2D eigenvalue weighted by Gasteiger charge is -2.38. The number of aromatic carboxylic acids is 1. The molecule has 5 rings (SSSR count). The molecular weight excluding hydrogens is 442 g/mol. The standard InChI is InChI=1S/C28H25N3O4/c1-34-21-12-10-19(11-13-21)25-24(27(32)33)17-29-28(30-25)31-15-14-18-6-3-4-9-23(18)26(31)20-7-5-8-22(16-20)35-2/h3-13,16-17,26H,14-15H2,1-2H3,(H,32,33). The maximum atomic E-state index is 12.0. The van der Waals surface area contributed by atoms with E-state index in [1.807, 2.05) is 36.4 Å². The predicted molar refractivity (Wildman–Crippen MR) is 133 cm³/mol. The number of methoxy groups -OCH3 is 2. The van der Waals surface area contributed by atoms with Gasteiger partial charge in [-0.25, -0.2) is 14.8 Å². The van der Waals surface area contributed by atoms with Gasteiger partial charge in [0, 0.05) is 18.3 Å². The van der Waals surface area contributed by atoms with Crippen LogP contribution in [0, 0.1) is 0 Å². The van der Waals surface area contributed by atoms with E-state index in [0.717, 1.165) is 17.7 Å². The highest BCUT2D eigenvalue weighted by Crippen LogP contribution is 2.38. The first-order valence-electron chi connectivity index (χ1n) is 11.3. The summed E-state index contributed by atoms with van der Waals surface area (Å²) in [6, 6.07) is 23.4. The molecule has 3 aromatic carbocycles. The topological polar surface area (TPSA) is 84.8 Å². The van der Waals surface area contributed by atoms with Crippen LogP contribution in [0.3, 0.4) is 0 Å². The summed E-state index contributed by atoms with van der Waals surface area (Å²) in [4.78, 5) is 23.4. The van der Waals surface area contributed by atoms with Gasteiger partial charge >= 0.3 is 5.97 Å². The number of fused-ring (bicyclic) bond motifs is 1. The Morgan fingerprint density at radius 2 is 1.74 bits per heavy atom. The number of nitrogens with zero attached hydrogens (tertiary/aromatic N) is 3. The summed E-state index contributed by atoms with van der Waals surface area (Å²) >= 11 is 0. The minimum atomic E-state index is -1.07. The van der Waals surface area contributed by atoms with E-state index >= 15 is 0 Å². The van der Waals surface area contributed by atoms with Gasteiger partial charge in [-0.15, -0.1) is 0 Å². The number of carboxylic acids is 1.